The maximum absolute atomic E-state index is 13.0. The van der Waals surface area contributed by atoms with Crippen molar-refractivity contribution in [3.05, 3.63) is 53.1 Å². The highest BCUT2D eigenvalue weighted by molar-refractivity contribution is 5.67. The summed E-state index contributed by atoms with van der Waals surface area (Å²) in [7, 11) is 0. The lowest BCUT2D eigenvalue weighted by Crippen LogP contribution is -1.99. The van der Waals surface area contributed by atoms with Gasteiger partial charge in [-0.05, 0) is 55.3 Å². The third kappa shape index (κ3) is 3.22. The van der Waals surface area contributed by atoms with Crippen LogP contribution in [-0.2, 0) is 0 Å². The molecule has 0 heterocycles. The first-order chi connectivity index (χ1) is 8.95. The van der Waals surface area contributed by atoms with Gasteiger partial charge in [0.1, 0.15) is 0 Å². The van der Waals surface area contributed by atoms with Crippen molar-refractivity contribution in [1.82, 2.24) is 0 Å². The van der Waals surface area contributed by atoms with Crippen molar-refractivity contribution in [3.8, 4) is 0 Å². The fourth-order valence-corrected chi connectivity index (χ4v) is 2.08. The van der Waals surface area contributed by atoms with E-state index < -0.39 is 6.43 Å². The largest absolute Gasteiger partial charge is 0.399 e. The minimum atomic E-state index is -2.56. The number of hydrogen-bond donors (Lipinski definition) is 2. The predicted octanol–water partition coefficient (Wildman–Crippen LogP) is 4.57. The van der Waals surface area contributed by atoms with E-state index in [0.717, 1.165) is 16.8 Å². The molecule has 0 unspecified atom stereocenters. The molecule has 0 aromatic heterocycles. The van der Waals surface area contributed by atoms with Crippen LogP contribution in [-0.4, -0.2) is 0 Å². The molecule has 2 aromatic carbocycles. The molecule has 0 saturated carbocycles. The van der Waals surface area contributed by atoms with Crippen LogP contribution in [0.5, 0.6) is 0 Å². The number of aryl methyl sites for hydroxylation is 2. The number of hydrogen-bond acceptors (Lipinski definition) is 2. The summed E-state index contributed by atoms with van der Waals surface area (Å²) in [5.41, 5.74) is 9.14. The molecule has 19 heavy (non-hydrogen) atoms. The Balaban J connectivity index is 2.37. The lowest BCUT2D eigenvalue weighted by atomic mass is 10.1. The van der Waals surface area contributed by atoms with Gasteiger partial charge < -0.3 is 11.1 Å². The number of nitrogens with one attached hydrogen (secondary N) is 1. The number of nitrogen functional groups attached to an aromatic ring is 1. The van der Waals surface area contributed by atoms with Gasteiger partial charge in [0, 0.05) is 22.6 Å². The van der Waals surface area contributed by atoms with Crippen LogP contribution in [0.1, 0.15) is 23.1 Å². The van der Waals surface area contributed by atoms with E-state index in [1.165, 1.54) is 6.07 Å². The molecular weight excluding hydrogens is 246 g/mol. The molecule has 0 saturated heterocycles. The van der Waals surface area contributed by atoms with Gasteiger partial charge >= 0.3 is 0 Å². The molecule has 2 nitrogen and oxygen atoms in total. The van der Waals surface area contributed by atoms with Crippen LogP contribution in [0.3, 0.4) is 0 Å². The molecule has 0 fully saturated rings. The molecule has 2 aromatic rings. The number of benzene rings is 2. The third-order valence-corrected chi connectivity index (χ3v) is 2.81. The fraction of sp³-hybridized carbons (Fsp3) is 0.200. The van der Waals surface area contributed by atoms with Gasteiger partial charge in [-0.15, -0.1) is 0 Å². The van der Waals surface area contributed by atoms with Crippen LogP contribution in [0.2, 0.25) is 0 Å². The maximum atomic E-state index is 13.0. The third-order valence-electron chi connectivity index (χ3n) is 2.81. The first-order valence-electron chi connectivity index (χ1n) is 5.98. The molecule has 0 atom stereocenters. The zero-order chi connectivity index (χ0) is 14.0. The van der Waals surface area contributed by atoms with Gasteiger partial charge in [0.15, 0.2) is 0 Å². The van der Waals surface area contributed by atoms with Crippen molar-refractivity contribution < 1.29 is 8.78 Å². The fourth-order valence-electron chi connectivity index (χ4n) is 2.08. The highest BCUT2D eigenvalue weighted by Gasteiger charge is 2.13. The molecule has 0 spiro atoms. The number of anilines is 3. The van der Waals surface area contributed by atoms with Crippen molar-refractivity contribution >= 4 is 17.1 Å². The van der Waals surface area contributed by atoms with Gasteiger partial charge in [-0.1, -0.05) is 6.07 Å². The van der Waals surface area contributed by atoms with Crippen molar-refractivity contribution in [2.24, 2.45) is 0 Å². The SMILES string of the molecule is Cc1cc(C)cc(Nc2ccc(N)cc2C(F)F)c1. The molecular formula is C15H16F2N2. The summed E-state index contributed by atoms with van der Waals surface area (Å²) in [4.78, 5) is 0. The summed E-state index contributed by atoms with van der Waals surface area (Å²) in [6, 6.07) is 10.3. The number of alkyl halides is 2. The van der Waals surface area contributed by atoms with E-state index in [1.54, 1.807) is 12.1 Å². The topological polar surface area (TPSA) is 38.0 Å². The average Bonchev–Trinajstić information content (AvgIpc) is 2.30. The monoisotopic (exact) mass is 262 g/mol. The van der Waals surface area contributed by atoms with E-state index in [9.17, 15) is 8.78 Å². The lowest BCUT2D eigenvalue weighted by molar-refractivity contribution is 0.152. The van der Waals surface area contributed by atoms with E-state index in [1.807, 2.05) is 32.0 Å². The normalized spacial score (nSPS) is 10.8. The Morgan fingerprint density at radius 2 is 1.63 bits per heavy atom. The quantitative estimate of drug-likeness (QED) is 0.795. The Bertz CT molecular complexity index is 574. The van der Waals surface area contributed by atoms with E-state index in [-0.39, 0.29) is 5.56 Å². The first-order valence-corrected chi connectivity index (χ1v) is 5.98. The van der Waals surface area contributed by atoms with E-state index >= 15 is 0 Å². The second kappa shape index (κ2) is 5.26. The molecule has 2 rings (SSSR count). The summed E-state index contributed by atoms with van der Waals surface area (Å²) in [5.74, 6) is 0. The Morgan fingerprint density at radius 1 is 1.00 bits per heavy atom. The Labute approximate surface area is 111 Å². The van der Waals surface area contributed by atoms with Gasteiger partial charge in [0.05, 0.1) is 0 Å². The summed E-state index contributed by atoms with van der Waals surface area (Å²) in [6.45, 7) is 3.93. The van der Waals surface area contributed by atoms with Crippen molar-refractivity contribution in [2.75, 3.05) is 11.1 Å². The number of rotatable bonds is 3. The zero-order valence-electron chi connectivity index (χ0n) is 10.9. The van der Waals surface area contributed by atoms with Crippen LogP contribution >= 0.6 is 0 Å². The Kier molecular flexibility index (Phi) is 3.69. The molecule has 0 aliphatic rings. The molecule has 0 radical (unpaired) electrons. The van der Waals surface area contributed by atoms with E-state index in [0.29, 0.717) is 11.4 Å². The molecule has 0 aliphatic heterocycles. The van der Waals surface area contributed by atoms with Gasteiger partial charge in [0.25, 0.3) is 6.43 Å². The van der Waals surface area contributed by atoms with E-state index in [2.05, 4.69) is 5.32 Å². The molecule has 3 N–H and O–H groups in total. The van der Waals surface area contributed by atoms with Gasteiger partial charge in [-0.25, -0.2) is 8.78 Å². The van der Waals surface area contributed by atoms with Gasteiger partial charge in [0.2, 0.25) is 0 Å². The minimum absolute atomic E-state index is 0.0841. The van der Waals surface area contributed by atoms with Crippen LogP contribution in [0.25, 0.3) is 0 Å². The van der Waals surface area contributed by atoms with Crippen molar-refractivity contribution in [1.29, 1.82) is 0 Å². The van der Waals surface area contributed by atoms with Gasteiger partial charge in [-0.2, -0.15) is 0 Å². The predicted molar refractivity (Wildman–Crippen MR) is 75.0 cm³/mol. The highest BCUT2D eigenvalue weighted by Crippen LogP contribution is 2.31. The van der Waals surface area contributed by atoms with Crippen molar-refractivity contribution in [2.45, 2.75) is 20.3 Å². The number of halogens is 2. The molecule has 0 aliphatic carbocycles. The lowest BCUT2D eigenvalue weighted by Gasteiger charge is -2.13. The Hall–Kier alpha value is -2.10. The van der Waals surface area contributed by atoms with E-state index in [4.69, 9.17) is 5.73 Å². The van der Waals surface area contributed by atoms with Crippen molar-refractivity contribution in [3.63, 3.8) is 0 Å². The second-order valence-corrected chi connectivity index (χ2v) is 4.65. The summed E-state index contributed by atoms with van der Waals surface area (Å²) in [6.07, 6.45) is -2.56. The highest BCUT2D eigenvalue weighted by atomic mass is 19.3. The maximum Gasteiger partial charge on any atom is 0.265 e. The smallest absolute Gasteiger partial charge is 0.265 e. The summed E-state index contributed by atoms with van der Waals surface area (Å²) < 4.78 is 25.9. The molecule has 0 bridgehead atoms. The second-order valence-electron chi connectivity index (χ2n) is 4.65. The molecule has 4 heteroatoms. The summed E-state index contributed by atoms with van der Waals surface area (Å²) in [5, 5.41) is 3.03. The van der Waals surface area contributed by atoms with Crippen LogP contribution in [0.15, 0.2) is 36.4 Å². The standard InChI is InChI=1S/C15H16F2N2/c1-9-5-10(2)7-12(6-9)19-14-4-3-11(18)8-13(14)15(16)17/h3-8,15,19H,18H2,1-2H3. The van der Waals surface area contributed by atoms with Crippen LogP contribution in [0, 0.1) is 13.8 Å². The molecule has 0 amide bonds. The molecule has 100 valence electrons. The number of nitrogens with two attached hydrogens (primary N) is 1. The first kappa shape index (κ1) is 13.3. The van der Waals surface area contributed by atoms with Crippen LogP contribution < -0.4 is 11.1 Å². The zero-order valence-corrected chi connectivity index (χ0v) is 10.9. The Morgan fingerprint density at radius 3 is 2.21 bits per heavy atom. The van der Waals surface area contributed by atoms with Crippen LogP contribution in [0.4, 0.5) is 25.8 Å². The minimum Gasteiger partial charge on any atom is -0.399 e. The van der Waals surface area contributed by atoms with Gasteiger partial charge in [-0.3, -0.25) is 0 Å². The average molecular weight is 262 g/mol. The summed E-state index contributed by atoms with van der Waals surface area (Å²) >= 11 is 0.